The van der Waals surface area contributed by atoms with Gasteiger partial charge in [0.15, 0.2) is 0 Å². The molecule has 2 rings (SSSR count). The normalized spacial score (nSPS) is 35.4. The molecule has 3 N–H and O–H groups in total. The molecule has 0 aromatic carbocycles. The highest BCUT2D eigenvalue weighted by Crippen LogP contribution is 2.24. The molecule has 15 heavy (non-hydrogen) atoms. The van der Waals surface area contributed by atoms with Gasteiger partial charge in [-0.25, -0.2) is 8.78 Å². The maximum Gasteiger partial charge on any atom is 0.241 e. The molecular weight excluding hydrogens is 206 g/mol. The molecule has 0 aromatic rings. The molecule has 0 spiro atoms. The highest BCUT2D eigenvalue weighted by molar-refractivity contribution is 5.82. The fourth-order valence-corrected chi connectivity index (χ4v) is 1.48. The first kappa shape index (κ1) is 10.1. The van der Waals surface area contributed by atoms with Crippen molar-refractivity contribution in [3.8, 4) is 0 Å². The van der Waals surface area contributed by atoms with Gasteiger partial charge in [0, 0.05) is 6.08 Å². The zero-order valence-electron chi connectivity index (χ0n) is 7.74. The van der Waals surface area contributed by atoms with Crippen LogP contribution in [0.2, 0.25) is 0 Å². The number of carbonyl (C=O) groups is 1. The van der Waals surface area contributed by atoms with Crippen molar-refractivity contribution in [1.29, 1.82) is 0 Å². The Morgan fingerprint density at radius 3 is 3.07 bits per heavy atom. The molecule has 82 valence electrons. The lowest BCUT2D eigenvalue weighted by Gasteiger charge is -2.22. The van der Waals surface area contributed by atoms with E-state index in [1.54, 1.807) is 0 Å². The van der Waals surface area contributed by atoms with E-state index >= 15 is 0 Å². The highest BCUT2D eigenvalue weighted by atomic mass is 19.1. The first-order valence-corrected chi connectivity index (χ1v) is 4.49. The predicted molar refractivity (Wildman–Crippen MR) is 48.0 cm³/mol. The van der Waals surface area contributed by atoms with Gasteiger partial charge < -0.3 is 15.8 Å². The fourth-order valence-electron chi connectivity index (χ4n) is 1.48. The summed E-state index contributed by atoms with van der Waals surface area (Å²) in [6.45, 7) is -0.0752. The molecule has 1 saturated heterocycles. The molecule has 1 fully saturated rings. The number of hydrogen-bond acceptors (Lipinski definition) is 3. The molecule has 0 saturated carbocycles. The van der Waals surface area contributed by atoms with Crippen LogP contribution < -0.4 is 11.1 Å². The highest BCUT2D eigenvalue weighted by Gasteiger charge is 2.35. The van der Waals surface area contributed by atoms with Gasteiger partial charge in [0.2, 0.25) is 5.91 Å². The monoisotopic (exact) mass is 216 g/mol. The Morgan fingerprint density at radius 2 is 2.33 bits per heavy atom. The minimum Gasteiger partial charge on any atom is -0.493 e. The van der Waals surface area contributed by atoms with E-state index in [-0.39, 0.29) is 12.4 Å². The summed E-state index contributed by atoms with van der Waals surface area (Å²) >= 11 is 0. The van der Waals surface area contributed by atoms with Gasteiger partial charge in [-0.15, -0.1) is 0 Å². The van der Waals surface area contributed by atoms with Crippen LogP contribution in [-0.2, 0) is 9.53 Å². The molecule has 1 aliphatic heterocycles. The largest absolute Gasteiger partial charge is 0.493 e. The molecule has 0 aromatic heterocycles. The van der Waals surface area contributed by atoms with E-state index in [1.807, 2.05) is 0 Å². The lowest BCUT2D eigenvalue weighted by atomic mass is 10.0. The lowest BCUT2D eigenvalue weighted by Crippen LogP contribution is -2.47. The second-order valence-corrected chi connectivity index (χ2v) is 3.45. The summed E-state index contributed by atoms with van der Waals surface area (Å²) in [6.07, 6.45) is 0.215. The summed E-state index contributed by atoms with van der Waals surface area (Å²) in [6, 6.07) is -1.82. The number of halogens is 2. The van der Waals surface area contributed by atoms with Crippen LogP contribution in [0.5, 0.6) is 0 Å². The number of hydrogen-bond donors (Lipinski definition) is 2. The smallest absolute Gasteiger partial charge is 0.241 e. The quantitative estimate of drug-likeness (QED) is 0.595. The number of ether oxygens (including phenoxy) is 1. The molecule has 0 radical (unpaired) electrons. The van der Waals surface area contributed by atoms with E-state index < -0.39 is 30.0 Å². The van der Waals surface area contributed by atoms with Gasteiger partial charge in [-0.2, -0.15) is 0 Å². The molecule has 4 nitrogen and oxygen atoms in total. The van der Waals surface area contributed by atoms with Crippen molar-refractivity contribution in [2.24, 2.45) is 5.73 Å². The molecule has 1 heterocycles. The van der Waals surface area contributed by atoms with E-state index in [1.165, 1.54) is 0 Å². The van der Waals surface area contributed by atoms with Crippen molar-refractivity contribution in [3.63, 3.8) is 0 Å². The Bertz CT molecular complexity index is 354. The van der Waals surface area contributed by atoms with Crippen LogP contribution in [0.15, 0.2) is 23.7 Å². The molecule has 2 aliphatic rings. The van der Waals surface area contributed by atoms with Crippen LogP contribution in [0.3, 0.4) is 0 Å². The van der Waals surface area contributed by atoms with E-state index in [4.69, 9.17) is 10.5 Å². The van der Waals surface area contributed by atoms with Gasteiger partial charge in [0.1, 0.15) is 36.4 Å². The average Bonchev–Trinajstić information content (AvgIpc) is 2.30. The van der Waals surface area contributed by atoms with Gasteiger partial charge in [-0.3, -0.25) is 4.79 Å². The van der Waals surface area contributed by atoms with Gasteiger partial charge in [0.25, 0.3) is 0 Å². The topological polar surface area (TPSA) is 64.3 Å². The van der Waals surface area contributed by atoms with Gasteiger partial charge >= 0.3 is 0 Å². The number of rotatable bonds is 0. The lowest BCUT2D eigenvalue weighted by molar-refractivity contribution is -0.122. The standard InChI is InChI=1S/C9H10F2N2O2/c10-4-1-5(11)8-7(2-4)15-3-6(12)9(14)13-8/h1-2,5-6,8H,3,12H2,(H,13,14)/t5?,6-,8?/m0/s1. The number of nitrogens with one attached hydrogen (secondary N) is 1. The summed E-state index contributed by atoms with van der Waals surface area (Å²) in [4.78, 5) is 11.3. The zero-order chi connectivity index (χ0) is 11.0. The van der Waals surface area contributed by atoms with E-state index in [0.29, 0.717) is 0 Å². The number of fused-ring (bicyclic) bond motifs is 1. The van der Waals surface area contributed by atoms with Crippen molar-refractivity contribution >= 4 is 5.91 Å². The molecule has 3 atom stereocenters. The first-order chi connectivity index (χ1) is 7.08. The Kier molecular flexibility index (Phi) is 2.44. The van der Waals surface area contributed by atoms with Crippen LogP contribution in [0, 0.1) is 0 Å². The number of amides is 1. The minimum absolute atomic E-state index is 0.0730. The van der Waals surface area contributed by atoms with Gasteiger partial charge in [-0.1, -0.05) is 0 Å². The number of nitrogens with two attached hydrogens (primary N) is 1. The Balaban J connectivity index is 2.26. The van der Waals surface area contributed by atoms with Crippen molar-refractivity contribution in [2.75, 3.05) is 6.61 Å². The summed E-state index contributed by atoms with van der Waals surface area (Å²) in [5, 5.41) is 2.36. The van der Waals surface area contributed by atoms with Crippen molar-refractivity contribution in [3.05, 3.63) is 23.7 Å². The van der Waals surface area contributed by atoms with Gasteiger partial charge in [-0.05, 0) is 6.08 Å². The molecule has 0 bridgehead atoms. The summed E-state index contributed by atoms with van der Waals surface area (Å²) < 4.78 is 31.3. The molecule has 6 heteroatoms. The summed E-state index contributed by atoms with van der Waals surface area (Å²) in [5.41, 5.74) is 5.42. The third kappa shape index (κ3) is 1.85. The van der Waals surface area contributed by atoms with Crippen molar-refractivity contribution < 1.29 is 18.3 Å². The second-order valence-electron chi connectivity index (χ2n) is 3.45. The number of carbonyl (C=O) groups excluding carboxylic acids is 1. The molecule has 2 unspecified atom stereocenters. The number of alkyl halides is 1. The van der Waals surface area contributed by atoms with Crippen molar-refractivity contribution in [2.45, 2.75) is 18.3 Å². The SMILES string of the molecule is N[C@H]1COC2=CC(F)=CC(F)C2NC1=O. The van der Waals surface area contributed by atoms with Gasteiger partial charge in [0.05, 0.1) is 0 Å². The average molecular weight is 216 g/mol. The van der Waals surface area contributed by atoms with E-state index in [2.05, 4.69) is 5.32 Å². The third-order valence-corrected chi connectivity index (χ3v) is 2.29. The zero-order valence-corrected chi connectivity index (χ0v) is 7.74. The first-order valence-electron chi connectivity index (χ1n) is 4.49. The maximum atomic E-state index is 13.4. The van der Waals surface area contributed by atoms with Crippen molar-refractivity contribution in [1.82, 2.24) is 5.32 Å². The second kappa shape index (κ2) is 3.62. The molecule has 1 amide bonds. The van der Waals surface area contributed by atoms with Crippen LogP contribution in [0.4, 0.5) is 8.78 Å². The van der Waals surface area contributed by atoms with E-state index in [9.17, 15) is 13.6 Å². The predicted octanol–water partition coefficient (Wildman–Crippen LogP) is -0.0823. The summed E-state index contributed by atoms with van der Waals surface area (Å²) in [7, 11) is 0. The molecule has 1 aliphatic carbocycles. The Labute approximate surface area is 84.8 Å². The third-order valence-electron chi connectivity index (χ3n) is 2.29. The fraction of sp³-hybridized carbons (Fsp3) is 0.444. The van der Waals surface area contributed by atoms with Crippen LogP contribution >= 0.6 is 0 Å². The molecular formula is C9H10F2N2O2. The van der Waals surface area contributed by atoms with Crippen LogP contribution in [0.1, 0.15) is 0 Å². The minimum atomic E-state index is -1.63. The van der Waals surface area contributed by atoms with E-state index in [0.717, 1.165) is 12.2 Å². The Hall–Kier alpha value is -1.43. The number of allylic oxidation sites excluding steroid dienone is 2. The maximum absolute atomic E-state index is 13.4. The van der Waals surface area contributed by atoms with Crippen LogP contribution in [0.25, 0.3) is 0 Å². The summed E-state index contributed by atoms with van der Waals surface area (Å²) in [5.74, 6) is -1.14. The van der Waals surface area contributed by atoms with Crippen LogP contribution in [-0.4, -0.2) is 30.8 Å². The Morgan fingerprint density at radius 1 is 1.60 bits per heavy atom.